The Hall–Kier alpha value is -1.63. The summed E-state index contributed by atoms with van der Waals surface area (Å²) in [5, 5.41) is 6.46. The largest absolute Gasteiger partial charge is 0.379 e. The summed E-state index contributed by atoms with van der Waals surface area (Å²) in [7, 11) is 0. The quantitative estimate of drug-likeness (QED) is 0.629. The lowest BCUT2D eigenvalue weighted by Crippen LogP contribution is -2.51. The van der Waals surface area contributed by atoms with Crippen molar-refractivity contribution in [3.63, 3.8) is 0 Å². The highest BCUT2D eigenvalue weighted by molar-refractivity contribution is 6.30. The van der Waals surface area contributed by atoms with Gasteiger partial charge in [-0.15, -0.1) is 0 Å². The second-order valence-corrected chi connectivity index (χ2v) is 7.57. The summed E-state index contributed by atoms with van der Waals surface area (Å²) in [6.45, 7) is 8.80. The number of halogens is 1. The first kappa shape index (κ1) is 21.7. The van der Waals surface area contributed by atoms with Crippen molar-refractivity contribution in [2.45, 2.75) is 32.7 Å². The lowest BCUT2D eigenvalue weighted by Gasteiger charge is -2.36. The Morgan fingerprint density at radius 1 is 1.15 bits per heavy atom. The summed E-state index contributed by atoms with van der Waals surface area (Å²) in [4.78, 5) is 26.5. The van der Waals surface area contributed by atoms with Gasteiger partial charge in [-0.1, -0.05) is 25.4 Å². The molecule has 1 saturated heterocycles. The molecule has 1 heterocycles. The monoisotopic (exact) mass is 395 g/mol. The predicted molar refractivity (Wildman–Crippen MR) is 107 cm³/mol. The predicted octanol–water partition coefficient (Wildman–Crippen LogP) is 2.32. The molecule has 1 aromatic rings. The van der Waals surface area contributed by atoms with Gasteiger partial charge in [-0.05, 0) is 36.6 Å². The highest BCUT2D eigenvalue weighted by atomic mass is 35.5. The van der Waals surface area contributed by atoms with E-state index in [0.29, 0.717) is 48.5 Å². The van der Waals surface area contributed by atoms with Gasteiger partial charge in [-0.25, -0.2) is 0 Å². The van der Waals surface area contributed by atoms with Crippen LogP contribution in [0.2, 0.25) is 5.02 Å². The Balaban J connectivity index is 1.64. The van der Waals surface area contributed by atoms with Crippen molar-refractivity contribution in [1.82, 2.24) is 15.5 Å². The van der Waals surface area contributed by atoms with Crippen LogP contribution in [0.15, 0.2) is 24.3 Å². The van der Waals surface area contributed by atoms with Crippen molar-refractivity contribution in [2.75, 3.05) is 39.4 Å². The molecule has 0 aliphatic carbocycles. The zero-order valence-electron chi connectivity index (χ0n) is 16.2. The van der Waals surface area contributed by atoms with Crippen molar-refractivity contribution in [1.29, 1.82) is 0 Å². The molecule has 0 aromatic heterocycles. The van der Waals surface area contributed by atoms with Gasteiger partial charge in [0.1, 0.15) is 0 Å². The number of nitrogens with zero attached hydrogens (tertiary/aromatic N) is 1. The van der Waals surface area contributed by atoms with E-state index in [2.05, 4.69) is 29.4 Å². The fourth-order valence-corrected chi connectivity index (χ4v) is 3.28. The van der Waals surface area contributed by atoms with Crippen LogP contribution in [0.4, 0.5) is 0 Å². The van der Waals surface area contributed by atoms with Crippen LogP contribution in [-0.2, 0) is 9.53 Å². The lowest BCUT2D eigenvalue weighted by atomic mass is 10.0. The number of nitrogens with one attached hydrogen (secondary N) is 2. The number of amides is 2. The Labute approximate surface area is 166 Å². The molecular weight excluding hydrogens is 366 g/mol. The number of hydrogen-bond donors (Lipinski definition) is 2. The van der Waals surface area contributed by atoms with Crippen molar-refractivity contribution >= 4 is 23.4 Å². The molecule has 2 rings (SSSR count). The summed E-state index contributed by atoms with van der Waals surface area (Å²) >= 11 is 5.81. The number of carbonyl (C=O) groups is 2. The molecule has 1 atom stereocenters. The molecule has 1 unspecified atom stereocenters. The average molecular weight is 396 g/mol. The van der Waals surface area contributed by atoms with Gasteiger partial charge in [0, 0.05) is 49.2 Å². The minimum atomic E-state index is -0.153. The first-order valence-corrected chi connectivity index (χ1v) is 9.97. The van der Waals surface area contributed by atoms with Gasteiger partial charge < -0.3 is 15.4 Å². The molecule has 7 heteroatoms. The second-order valence-electron chi connectivity index (χ2n) is 7.13. The van der Waals surface area contributed by atoms with Crippen LogP contribution in [0.5, 0.6) is 0 Å². The third-order valence-corrected chi connectivity index (χ3v) is 5.02. The summed E-state index contributed by atoms with van der Waals surface area (Å²) < 4.78 is 5.41. The van der Waals surface area contributed by atoms with E-state index in [4.69, 9.17) is 16.3 Å². The normalized spacial score (nSPS) is 16.1. The van der Waals surface area contributed by atoms with Crippen LogP contribution >= 0.6 is 11.6 Å². The standard InChI is InChI=1S/C20H30ClN3O3/c1-15(2)18(24-10-12-27-13-11-24)14-23-19(25)4-3-9-22-20(26)16-5-7-17(21)8-6-16/h5-8,15,18H,3-4,9-14H2,1-2H3,(H,22,26)(H,23,25). The van der Waals surface area contributed by atoms with E-state index in [0.717, 1.165) is 26.3 Å². The van der Waals surface area contributed by atoms with Gasteiger partial charge in [-0.2, -0.15) is 0 Å². The molecule has 1 fully saturated rings. The van der Waals surface area contributed by atoms with Gasteiger partial charge in [0.2, 0.25) is 5.91 Å². The van der Waals surface area contributed by atoms with Gasteiger partial charge in [0.15, 0.2) is 0 Å². The summed E-state index contributed by atoms with van der Waals surface area (Å²) in [6.07, 6.45) is 1.00. The zero-order chi connectivity index (χ0) is 19.6. The van der Waals surface area contributed by atoms with Crippen LogP contribution < -0.4 is 10.6 Å². The smallest absolute Gasteiger partial charge is 0.251 e. The highest BCUT2D eigenvalue weighted by Gasteiger charge is 2.24. The average Bonchev–Trinajstić information content (AvgIpc) is 2.66. The molecule has 2 amide bonds. The van der Waals surface area contributed by atoms with Gasteiger partial charge in [0.25, 0.3) is 5.91 Å². The minimum absolute atomic E-state index is 0.0228. The van der Waals surface area contributed by atoms with Crippen LogP contribution in [-0.4, -0.2) is 62.1 Å². The first-order valence-electron chi connectivity index (χ1n) is 9.59. The van der Waals surface area contributed by atoms with Crippen LogP contribution in [0.25, 0.3) is 0 Å². The SMILES string of the molecule is CC(C)C(CNC(=O)CCCNC(=O)c1ccc(Cl)cc1)N1CCOCC1. The van der Waals surface area contributed by atoms with E-state index in [1.54, 1.807) is 24.3 Å². The highest BCUT2D eigenvalue weighted by Crippen LogP contribution is 2.12. The number of benzene rings is 1. The van der Waals surface area contributed by atoms with Crippen LogP contribution in [0.3, 0.4) is 0 Å². The fraction of sp³-hybridized carbons (Fsp3) is 0.600. The molecular formula is C20H30ClN3O3. The number of ether oxygens (including phenoxy) is 1. The Morgan fingerprint density at radius 3 is 2.44 bits per heavy atom. The Morgan fingerprint density at radius 2 is 1.81 bits per heavy atom. The maximum absolute atomic E-state index is 12.1. The number of morpholine rings is 1. The van der Waals surface area contributed by atoms with Gasteiger partial charge >= 0.3 is 0 Å². The topological polar surface area (TPSA) is 70.7 Å². The summed E-state index contributed by atoms with van der Waals surface area (Å²) in [6, 6.07) is 7.06. The number of rotatable bonds is 9. The van der Waals surface area contributed by atoms with E-state index in [-0.39, 0.29) is 11.8 Å². The second kappa shape index (κ2) is 11.3. The molecule has 0 radical (unpaired) electrons. The molecule has 6 nitrogen and oxygen atoms in total. The van der Waals surface area contributed by atoms with Crippen molar-refractivity contribution in [3.8, 4) is 0 Å². The molecule has 0 saturated carbocycles. The molecule has 0 spiro atoms. The van der Waals surface area contributed by atoms with Crippen LogP contribution in [0, 0.1) is 5.92 Å². The molecule has 0 bridgehead atoms. The third-order valence-electron chi connectivity index (χ3n) is 4.77. The third kappa shape index (κ3) is 7.48. The van der Waals surface area contributed by atoms with E-state index < -0.39 is 0 Å². The van der Waals surface area contributed by atoms with E-state index in [1.165, 1.54) is 0 Å². The summed E-state index contributed by atoms with van der Waals surface area (Å²) in [5.41, 5.74) is 0.564. The lowest BCUT2D eigenvalue weighted by molar-refractivity contribution is -0.121. The Bertz CT molecular complexity index is 601. The van der Waals surface area contributed by atoms with E-state index >= 15 is 0 Å². The molecule has 1 aliphatic heterocycles. The van der Waals surface area contributed by atoms with Crippen molar-refractivity contribution in [2.24, 2.45) is 5.92 Å². The van der Waals surface area contributed by atoms with Gasteiger partial charge in [-0.3, -0.25) is 14.5 Å². The van der Waals surface area contributed by atoms with Gasteiger partial charge in [0.05, 0.1) is 13.2 Å². The van der Waals surface area contributed by atoms with Crippen molar-refractivity contribution in [3.05, 3.63) is 34.9 Å². The summed E-state index contributed by atoms with van der Waals surface area (Å²) in [5.74, 6) is 0.330. The molecule has 27 heavy (non-hydrogen) atoms. The molecule has 2 N–H and O–H groups in total. The molecule has 1 aliphatic rings. The minimum Gasteiger partial charge on any atom is -0.379 e. The Kier molecular flexibility index (Phi) is 9.04. The number of hydrogen-bond acceptors (Lipinski definition) is 4. The van der Waals surface area contributed by atoms with Crippen molar-refractivity contribution < 1.29 is 14.3 Å². The fourth-order valence-electron chi connectivity index (χ4n) is 3.16. The van der Waals surface area contributed by atoms with E-state index in [9.17, 15) is 9.59 Å². The maximum Gasteiger partial charge on any atom is 0.251 e. The van der Waals surface area contributed by atoms with E-state index in [1.807, 2.05) is 0 Å². The van der Waals surface area contributed by atoms with Crippen LogP contribution in [0.1, 0.15) is 37.0 Å². The molecule has 1 aromatic carbocycles. The zero-order valence-corrected chi connectivity index (χ0v) is 16.9. The first-order chi connectivity index (χ1) is 13.0. The molecule has 150 valence electrons. The maximum atomic E-state index is 12.1. The number of carbonyl (C=O) groups excluding carboxylic acids is 2.